The van der Waals surface area contributed by atoms with Gasteiger partial charge < -0.3 is 15.0 Å². The molecule has 1 spiro atoms. The van der Waals surface area contributed by atoms with E-state index in [0.29, 0.717) is 12.1 Å². The molecular weight excluding hydrogens is 512 g/mol. The highest BCUT2D eigenvalue weighted by atomic mass is 19.2. The lowest BCUT2D eigenvalue weighted by Gasteiger charge is -2.44. The van der Waals surface area contributed by atoms with Gasteiger partial charge in [0.15, 0.2) is 11.6 Å². The highest BCUT2D eigenvalue weighted by molar-refractivity contribution is 5.92. The van der Waals surface area contributed by atoms with E-state index in [1.54, 1.807) is 0 Å². The number of rotatable bonds is 5. The van der Waals surface area contributed by atoms with Gasteiger partial charge >= 0.3 is 12.1 Å². The molecule has 6 rings (SSSR count). The number of aryl methyl sites for hydroxylation is 2. The summed E-state index contributed by atoms with van der Waals surface area (Å²) < 4.78 is 32.1. The van der Waals surface area contributed by atoms with Crippen LogP contribution in [0.15, 0.2) is 66.7 Å². The summed E-state index contributed by atoms with van der Waals surface area (Å²) in [7, 11) is 0. The Balaban J connectivity index is 1.05. The molecule has 1 aliphatic carbocycles. The minimum absolute atomic E-state index is 0.0271. The Morgan fingerprint density at radius 3 is 2.23 bits per heavy atom. The fourth-order valence-corrected chi connectivity index (χ4v) is 6.72. The van der Waals surface area contributed by atoms with Crippen molar-refractivity contribution in [1.29, 1.82) is 0 Å². The smallest absolute Gasteiger partial charge is 0.418 e. The number of likely N-dealkylation sites (tertiary alicyclic amines) is 1. The number of imide groups is 1. The van der Waals surface area contributed by atoms with E-state index in [-0.39, 0.29) is 12.0 Å². The predicted octanol–water partition coefficient (Wildman–Crippen LogP) is 5.74. The fraction of sp³-hybridized carbons (Fsp3) is 0.375. The van der Waals surface area contributed by atoms with Crippen LogP contribution >= 0.6 is 0 Å². The molecule has 0 aromatic heterocycles. The number of carbonyl (C=O) groups is 2. The molecule has 2 fully saturated rings. The minimum atomic E-state index is -1.03. The number of amides is 3. The van der Waals surface area contributed by atoms with Crippen LogP contribution in [0.1, 0.15) is 53.1 Å². The number of nitrogens with one attached hydrogen (secondary N) is 1. The summed E-state index contributed by atoms with van der Waals surface area (Å²) in [5.74, 6) is -2.02. The van der Waals surface area contributed by atoms with Crippen molar-refractivity contribution in [3.63, 3.8) is 0 Å². The van der Waals surface area contributed by atoms with Crippen molar-refractivity contribution >= 4 is 12.1 Å². The fourth-order valence-electron chi connectivity index (χ4n) is 6.72. The zero-order valence-corrected chi connectivity index (χ0v) is 22.4. The van der Waals surface area contributed by atoms with Gasteiger partial charge in [0.2, 0.25) is 0 Å². The standard InChI is InChI=1S/C32H33F2N3O3/c33-27-13-12-24(20-28(27)34)29-21-40-31(39)37(29)30(38)35-16-5-17-36-18-14-32(15-19-36)25-8-3-1-6-22(25)10-11-23-7-2-4-9-26(23)32/h1-4,6-9,12-13,20,29H,5,10-11,14-19,21H2,(H,35,38)/t29-/m1/s1. The van der Waals surface area contributed by atoms with Crippen LogP contribution < -0.4 is 5.32 Å². The second-order valence-corrected chi connectivity index (χ2v) is 11.0. The van der Waals surface area contributed by atoms with Crippen molar-refractivity contribution in [3.05, 3.63) is 106 Å². The van der Waals surface area contributed by atoms with Gasteiger partial charge in [-0.05, 0) is 91.7 Å². The lowest BCUT2D eigenvalue weighted by atomic mass is 9.66. The summed E-state index contributed by atoms with van der Waals surface area (Å²) in [5, 5.41) is 2.80. The second kappa shape index (κ2) is 11.0. The SMILES string of the molecule is O=C(NCCCN1CCC2(CC1)c1ccccc1CCc1ccccc12)N1C(=O)OC[C@@H]1c1ccc(F)c(F)c1. The summed E-state index contributed by atoms with van der Waals surface area (Å²) in [4.78, 5) is 28.5. The first-order valence-corrected chi connectivity index (χ1v) is 14.0. The second-order valence-electron chi connectivity index (χ2n) is 11.0. The van der Waals surface area contributed by atoms with Crippen molar-refractivity contribution in [2.24, 2.45) is 0 Å². The third kappa shape index (κ3) is 4.85. The summed E-state index contributed by atoms with van der Waals surface area (Å²) >= 11 is 0. The topological polar surface area (TPSA) is 61.9 Å². The van der Waals surface area contributed by atoms with Crippen LogP contribution in [-0.2, 0) is 23.0 Å². The summed E-state index contributed by atoms with van der Waals surface area (Å²) in [5.41, 5.74) is 6.19. The maximum atomic E-state index is 13.7. The Bertz CT molecular complexity index is 1370. The zero-order chi connectivity index (χ0) is 27.7. The summed E-state index contributed by atoms with van der Waals surface area (Å²) in [6.07, 6.45) is 4.16. The molecule has 3 aromatic carbocycles. The minimum Gasteiger partial charge on any atom is -0.446 e. The molecule has 40 heavy (non-hydrogen) atoms. The number of benzene rings is 3. The molecule has 2 aliphatic heterocycles. The van der Waals surface area contributed by atoms with E-state index in [4.69, 9.17) is 4.74 Å². The van der Waals surface area contributed by atoms with E-state index < -0.39 is 29.8 Å². The highest BCUT2D eigenvalue weighted by Gasteiger charge is 2.42. The van der Waals surface area contributed by atoms with Gasteiger partial charge in [0.05, 0.1) is 0 Å². The average molecular weight is 546 g/mol. The molecule has 2 heterocycles. The van der Waals surface area contributed by atoms with Gasteiger partial charge in [-0.1, -0.05) is 54.6 Å². The molecule has 0 bridgehead atoms. The lowest BCUT2D eigenvalue weighted by molar-refractivity contribution is 0.157. The van der Waals surface area contributed by atoms with Crippen molar-refractivity contribution in [2.45, 2.75) is 43.6 Å². The van der Waals surface area contributed by atoms with Gasteiger partial charge in [-0.2, -0.15) is 0 Å². The van der Waals surface area contributed by atoms with Crippen LogP contribution in [0.3, 0.4) is 0 Å². The first-order chi connectivity index (χ1) is 19.5. The van der Waals surface area contributed by atoms with E-state index in [1.165, 1.54) is 28.3 Å². The van der Waals surface area contributed by atoms with Crippen LogP contribution in [-0.4, -0.2) is 54.7 Å². The highest BCUT2D eigenvalue weighted by Crippen LogP contribution is 2.46. The number of urea groups is 1. The molecule has 3 aliphatic rings. The van der Waals surface area contributed by atoms with Gasteiger partial charge in [-0.3, -0.25) is 0 Å². The number of fused-ring (bicyclic) bond motifs is 4. The molecule has 2 saturated heterocycles. The van der Waals surface area contributed by atoms with Crippen LogP contribution in [0.5, 0.6) is 0 Å². The third-order valence-electron chi connectivity index (χ3n) is 8.79. The number of piperidine rings is 1. The van der Waals surface area contributed by atoms with Gasteiger partial charge in [0.25, 0.3) is 0 Å². The molecule has 1 atom stereocenters. The predicted molar refractivity (Wildman–Crippen MR) is 147 cm³/mol. The van der Waals surface area contributed by atoms with Crippen molar-refractivity contribution in [2.75, 3.05) is 32.8 Å². The average Bonchev–Trinajstić information content (AvgIpc) is 3.31. The maximum Gasteiger partial charge on any atom is 0.418 e. The molecule has 3 aromatic rings. The largest absolute Gasteiger partial charge is 0.446 e. The molecule has 0 radical (unpaired) electrons. The zero-order valence-electron chi connectivity index (χ0n) is 22.4. The summed E-state index contributed by atoms with van der Waals surface area (Å²) in [6, 6.07) is 19.8. The van der Waals surface area contributed by atoms with E-state index in [1.807, 2.05) is 0 Å². The maximum absolute atomic E-state index is 13.7. The molecular formula is C32H33F2N3O3. The van der Waals surface area contributed by atoms with Crippen LogP contribution in [0.4, 0.5) is 18.4 Å². The van der Waals surface area contributed by atoms with E-state index in [0.717, 1.165) is 68.8 Å². The number of hydrogen-bond acceptors (Lipinski definition) is 4. The molecule has 0 unspecified atom stereocenters. The van der Waals surface area contributed by atoms with Crippen molar-refractivity contribution < 1.29 is 23.1 Å². The molecule has 3 amide bonds. The lowest BCUT2D eigenvalue weighted by Crippen LogP contribution is -2.45. The number of nitrogens with zero attached hydrogens (tertiary/aromatic N) is 2. The Morgan fingerprint density at radius 1 is 0.925 bits per heavy atom. The van der Waals surface area contributed by atoms with Gasteiger partial charge in [0, 0.05) is 12.0 Å². The van der Waals surface area contributed by atoms with Crippen LogP contribution in [0.2, 0.25) is 0 Å². The molecule has 1 N–H and O–H groups in total. The normalized spacial score (nSPS) is 20.0. The van der Waals surface area contributed by atoms with Gasteiger partial charge in [-0.25, -0.2) is 23.3 Å². The number of ether oxygens (including phenoxy) is 1. The monoisotopic (exact) mass is 545 g/mol. The Kier molecular flexibility index (Phi) is 7.27. The number of halogens is 2. The van der Waals surface area contributed by atoms with Crippen molar-refractivity contribution in [3.8, 4) is 0 Å². The molecule has 0 saturated carbocycles. The quantitative estimate of drug-likeness (QED) is 0.416. The van der Waals surface area contributed by atoms with E-state index >= 15 is 0 Å². The number of hydrogen-bond donors (Lipinski definition) is 1. The van der Waals surface area contributed by atoms with E-state index in [2.05, 4.69) is 58.7 Å². The first kappa shape index (κ1) is 26.4. The third-order valence-corrected chi connectivity index (χ3v) is 8.79. The van der Waals surface area contributed by atoms with Crippen molar-refractivity contribution in [1.82, 2.24) is 15.1 Å². The van der Waals surface area contributed by atoms with E-state index in [9.17, 15) is 18.4 Å². The first-order valence-electron chi connectivity index (χ1n) is 14.0. The Hall–Kier alpha value is -3.78. The Morgan fingerprint density at radius 2 is 1.57 bits per heavy atom. The van der Waals surface area contributed by atoms with Gasteiger partial charge in [-0.15, -0.1) is 0 Å². The molecule has 208 valence electrons. The molecule has 8 heteroatoms. The molecule has 6 nitrogen and oxygen atoms in total. The van der Waals surface area contributed by atoms with Crippen LogP contribution in [0, 0.1) is 11.6 Å². The Labute approximate surface area is 232 Å². The van der Waals surface area contributed by atoms with Gasteiger partial charge in [0.1, 0.15) is 12.6 Å². The number of carbonyl (C=O) groups excluding carboxylic acids is 2. The summed E-state index contributed by atoms with van der Waals surface area (Å²) in [6.45, 7) is 3.05. The van der Waals surface area contributed by atoms with Crippen LogP contribution in [0.25, 0.3) is 0 Å². The number of cyclic esters (lactones) is 1.